The van der Waals surface area contributed by atoms with E-state index in [-0.39, 0.29) is 12.3 Å². The Kier molecular flexibility index (Phi) is 4.63. The zero-order valence-electron chi connectivity index (χ0n) is 7.70. The standard InChI is InChI=1S/C8H10ClIN2O2S/c9-7-5-6(10)1-2-8(7)12-15(13,14)4-3-11/h1-2,5,12H,3-4,11H2. The summed E-state index contributed by atoms with van der Waals surface area (Å²) < 4.78 is 26.1. The highest BCUT2D eigenvalue weighted by Crippen LogP contribution is 2.24. The van der Waals surface area contributed by atoms with Gasteiger partial charge in [0.1, 0.15) is 0 Å². The highest BCUT2D eigenvalue weighted by molar-refractivity contribution is 14.1. The second-order valence-electron chi connectivity index (χ2n) is 2.83. The maximum Gasteiger partial charge on any atom is 0.234 e. The van der Waals surface area contributed by atoms with Crippen LogP contribution < -0.4 is 10.5 Å². The van der Waals surface area contributed by atoms with Crippen molar-refractivity contribution in [1.82, 2.24) is 0 Å². The molecule has 0 aliphatic rings. The molecule has 0 fully saturated rings. The van der Waals surface area contributed by atoms with E-state index in [1.54, 1.807) is 18.2 Å². The third-order valence-electron chi connectivity index (χ3n) is 1.58. The van der Waals surface area contributed by atoms with Gasteiger partial charge in [-0.1, -0.05) is 11.6 Å². The predicted molar refractivity (Wildman–Crippen MR) is 70.6 cm³/mol. The molecule has 84 valence electrons. The summed E-state index contributed by atoms with van der Waals surface area (Å²) in [5, 5.41) is 0.377. The highest BCUT2D eigenvalue weighted by Gasteiger charge is 2.11. The lowest BCUT2D eigenvalue weighted by Crippen LogP contribution is -2.22. The molecule has 0 aromatic heterocycles. The van der Waals surface area contributed by atoms with Gasteiger partial charge in [-0.25, -0.2) is 8.42 Å². The summed E-state index contributed by atoms with van der Waals surface area (Å²) in [4.78, 5) is 0. The largest absolute Gasteiger partial charge is 0.329 e. The average Bonchev–Trinajstić information content (AvgIpc) is 2.09. The highest BCUT2D eigenvalue weighted by atomic mass is 127. The Morgan fingerprint density at radius 3 is 2.67 bits per heavy atom. The molecular weight excluding hydrogens is 351 g/mol. The van der Waals surface area contributed by atoms with E-state index in [4.69, 9.17) is 17.3 Å². The van der Waals surface area contributed by atoms with Crippen LogP contribution in [0.1, 0.15) is 0 Å². The molecule has 0 heterocycles. The molecule has 0 aliphatic carbocycles. The van der Waals surface area contributed by atoms with Crippen LogP contribution in [0.15, 0.2) is 18.2 Å². The van der Waals surface area contributed by atoms with E-state index < -0.39 is 10.0 Å². The van der Waals surface area contributed by atoms with E-state index in [0.29, 0.717) is 10.7 Å². The molecule has 0 amide bonds. The molecule has 1 rings (SSSR count). The maximum atomic E-state index is 11.4. The van der Waals surface area contributed by atoms with E-state index in [0.717, 1.165) is 3.57 Å². The Morgan fingerprint density at radius 1 is 1.47 bits per heavy atom. The summed E-state index contributed by atoms with van der Waals surface area (Å²) in [7, 11) is -3.38. The first kappa shape index (κ1) is 13.0. The van der Waals surface area contributed by atoms with Gasteiger partial charge in [-0.05, 0) is 40.8 Å². The normalized spacial score (nSPS) is 11.4. The van der Waals surface area contributed by atoms with Crippen molar-refractivity contribution in [3.05, 3.63) is 26.8 Å². The smallest absolute Gasteiger partial charge is 0.234 e. The number of hydrogen-bond acceptors (Lipinski definition) is 3. The molecule has 1 aromatic rings. The molecule has 4 nitrogen and oxygen atoms in total. The molecule has 0 unspecified atom stereocenters. The third kappa shape index (κ3) is 4.13. The SMILES string of the molecule is NCCS(=O)(=O)Nc1ccc(I)cc1Cl. The molecule has 0 aliphatic heterocycles. The Balaban J connectivity index is 2.90. The lowest BCUT2D eigenvalue weighted by atomic mass is 10.3. The van der Waals surface area contributed by atoms with Gasteiger partial charge in [-0.2, -0.15) is 0 Å². The van der Waals surface area contributed by atoms with E-state index in [1.165, 1.54) is 0 Å². The van der Waals surface area contributed by atoms with E-state index in [2.05, 4.69) is 27.3 Å². The summed E-state index contributed by atoms with van der Waals surface area (Å²) in [5.41, 5.74) is 5.56. The summed E-state index contributed by atoms with van der Waals surface area (Å²) in [6.07, 6.45) is 0. The summed E-state index contributed by atoms with van der Waals surface area (Å²) in [6.45, 7) is 0.0807. The number of nitrogens with one attached hydrogen (secondary N) is 1. The monoisotopic (exact) mass is 360 g/mol. The van der Waals surface area contributed by atoms with Gasteiger partial charge in [0.25, 0.3) is 0 Å². The molecule has 0 spiro atoms. The van der Waals surface area contributed by atoms with Crippen LogP contribution in [-0.2, 0) is 10.0 Å². The van der Waals surface area contributed by atoms with Crippen molar-refractivity contribution in [2.24, 2.45) is 5.73 Å². The number of hydrogen-bond donors (Lipinski definition) is 2. The Morgan fingerprint density at radius 2 is 2.13 bits per heavy atom. The summed E-state index contributed by atoms with van der Waals surface area (Å²) >= 11 is 7.97. The molecule has 0 saturated heterocycles. The maximum absolute atomic E-state index is 11.4. The summed E-state index contributed by atoms with van der Waals surface area (Å²) in [6, 6.07) is 5.08. The van der Waals surface area contributed by atoms with Gasteiger partial charge < -0.3 is 5.73 Å². The first-order chi connectivity index (χ1) is 6.94. The van der Waals surface area contributed by atoms with Crippen LogP contribution in [0.3, 0.4) is 0 Å². The quantitative estimate of drug-likeness (QED) is 0.802. The summed E-state index contributed by atoms with van der Waals surface area (Å²) in [5.74, 6) is -0.116. The van der Waals surface area contributed by atoms with Crippen LogP contribution in [-0.4, -0.2) is 20.7 Å². The van der Waals surface area contributed by atoms with Crippen LogP contribution in [0.25, 0.3) is 0 Å². The van der Waals surface area contributed by atoms with Gasteiger partial charge in [-0.3, -0.25) is 4.72 Å². The van der Waals surface area contributed by atoms with Crippen molar-refractivity contribution in [3.63, 3.8) is 0 Å². The molecule has 1 aromatic carbocycles. The van der Waals surface area contributed by atoms with Crippen molar-refractivity contribution in [2.45, 2.75) is 0 Å². The van der Waals surface area contributed by atoms with Crippen molar-refractivity contribution < 1.29 is 8.42 Å². The molecule has 15 heavy (non-hydrogen) atoms. The van der Waals surface area contributed by atoms with Crippen molar-refractivity contribution in [2.75, 3.05) is 17.0 Å². The van der Waals surface area contributed by atoms with Crippen LogP contribution >= 0.6 is 34.2 Å². The van der Waals surface area contributed by atoms with Crippen LogP contribution in [0.4, 0.5) is 5.69 Å². The van der Waals surface area contributed by atoms with Gasteiger partial charge in [0.15, 0.2) is 0 Å². The number of sulfonamides is 1. The number of anilines is 1. The van der Waals surface area contributed by atoms with Crippen molar-refractivity contribution in [3.8, 4) is 0 Å². The fourth-order valence-electron chi connectivity index (χ4n) is 0.946. The molecule has 3 N–H and O–H groups in total. The Labute approximate surface area is 107 Å². The fourth-order valence-corrected chi connectivity index (χ4v) is 2.83. The van der Waals surface area contributed by atoms with Crippen LogP contribution in [0.5, 0.6) is 0 Å². The molecule has 0 radical (unpaired) electrons. The minimum atomic E-state index is -3.38. The molecule has 0 saturated carbocycles. The van der Waals surface area contributed by atoms with Gasteiger partial charge in [0, 0.05) is 10.1 Å². The molecule has 0 bridgehead atoms. The lowest BCUT2D eigenvalue weighted by Gasteiger charge is -2.08. The van der Waals surface area contributed by atoms with E-state index in [9.17, 15) is 8.42 Å². The predicted octanol–water partition coefficient (Wildman–Crippen LogP) is 1.65. The van der Waals surface area contributed by atoms with Crippen molar-refractivity contribution >= 4 is 49.9 Å². The van der Waals surface area contributed by atoms with Gasteiger partial charge in [0.2, 0.25) is 10.0 Å². The van der Waals surface area contributed by atoms with E-state index >= 15 is 0 Å². The number of rotatable bonds is 4. The zero-order chi connectivity index (χ0) is 11.5. The topological polar surface area (TPSA) is 72.2 Å². The lowest BCUT2D eigenvalue weighted by molar-refractivity contribution is 0.601. The third-order valence-corrected chi connectivity index (χ3v) is 3.87. The first-order valence-corrected chi connectivity index (χ1v) is 7.21. The second kappa shape index (κ2) is 5.33. The Hall–Kier alpha value is -0.0500. The zero-order valence-corrected chi connectivity index (χ0v) is 11.4. The van der Waals surface area contributed by atoms with Crippen LogP contribution in [0, 0.1) is 3.57 Å². The van der Waals surface area contributed by atoms with Gasteiger partial charge in [0.05, 0.1) is 16.5 Å². The van der Waals surface area contributed by atoms with E-state index in [1.807, 2.05) is 0 Å². The number of nitrogens with two attached hydrogens (primary N) is 1. The van der Waals surface area contributed by atoms with Gasteiger partial charge >= 0.3 is 0 Å². The molecular formula is C8H10ClIN2O2S. The Bertz CT molecular complexity index is 450. The minimum Gasteiger partial charge on any atom is -0.329 e. The van der Waals surface area contributed by atoms with Gasteiger partial charge in [-0.15, -0.1) is 0 Å². The molecule has 7 heteroatoms. The minimum absolute atomic E-state index is 0.0807. The van der Waals surface area contributed by atoms with Crippen molar-refractivity contribution in [1.29, 1.82) is 0 Å². The second-order valence-corrected chi connectivity index (χ2v) is 6.33. The average molecular weight is 361 g/mol. The first-order valence-electron chi connectivity index (χ1n) is 4.10. The fraction of sp³-hybridized carbons (Fsp3) is 0.250. The number of halogens is 2. The molecule has 0 atom stereocenters. The number of benzene rings is 1. The van der Waals surface area contributed by atoms with Crippen LogP contribution in [0.2, 0.25) is 5.02 Å².